The Morgan fingerprint density at radius 2 is 1.17 bits per heavy atom. The van der Waals surface area contributed by atoms with Crippen molar-refractivity contribution in [1.82, 2.24) is 0 Å². The molecule has 2 aromatic rings. The molecule has 0 spiro atoms. The van der Waals surface area contributed by atoms with Crippen LogP contribution >= 0.6 is 0 Å². The molecule has 2 nitrogen and oxygen atoms in total. The molecule has 0 saturated heterocycles. The van der Waals surface area contributed by atoms with E-state index in [1.54, 1.807) is 14.2 Å². The van der Waals surface area contributed by atoms with Gasteiger partial charge in [-0.2, -0.15) is 0 Å². The molecule has 1 unspecified atom stereocenters. The zero-order valence-corrected chi connectivity index (χ0v) is 14.5. The number of hydrogen-bond donors (Lipinski definition) is 0. The lowest BCUT2D eigenvalue weighted by Gasteiger charge is -2.12. The number of aryl methyl sites for hydroxylation is 2. The lowest BCUT2D eigenvalue weighted by atomic mass is 9.95. The minimum atomic E-state index is 0.760. The van der Waals surface area contributed by atoms with Gasteiger partial charge in [0.25, 0.3) is 0 Å². The molecule has 2 aromatic carbocycles. The topological polar surface area (TPSA) is 18.5 Å². The van der Waals surface area contributed by atoms with Crippen molar-refractivity contribution in [2.45, 2.75) is 39.0 Å². The number of benzene rings is 2. The van der Waals surface area contributed by atoms with Crippen LogP contribution in [0.15, 0.2) is 48.5 Å². The third-order valence-corrected chi connectivity index (χ3v) is 4.41. The molecule has 0 saturated carbocycles. The maximum Gasteiger partial charge on any atom is 0.118 e. The smallest absolute Gasteiger partial charge is 0.118 e. The Bertz CT molecular complexity index is 557. The second-order valence-electron chi connectivity index (χ2n) is 6.23. The van der Waals surface area contributed by atoms with Crippen molar-refractivity contribution in [3.63, 3.8) is 0 Å². The quantitative estimate of drug-likeness (QED) is 0.626. The van der Waals surface area contributed by atoms with Crippen molar-refractivity contribution in [3.05, 3.63) is 59.7 Å². The summed E-state index contributed by atoms with van der Waals surface area (Å²) in [7, 11) is 3.42. The van der Waals surface area contributed by atoms with Crippen LogP contribution in [0.3, 0.4) is 0 Å². The average molecular weight is 312 g/mol. The van der Waals surface area contributed by atoms with Gasteiger partial charge >= 0.3 is 0 Å². The van der Waals surface area contributed by atoms with Crippen molar-refractivity contribution in [2.24, 2.45) is 5.92 Å². The molecule has 0 radical (unpaired) electrons. The van der Waals surface area contributed by atoms with E-state index >= 15 is 0 Å². The fraction of sp³-hybridized carbons (Fsp3) is 0.429. The van der Waals surface area contributed by atoms with Gasteiger partial charge in [0, 0.05) is 0 Å². The van der Waals surface area contributed by atoms with E-state index in [0.29, 0.717) is 0 Å². The first-order valence-electron chi connectivity index (χ1n) is 8.47. The molecule has 1 atom stereocenters. The van der Waals surface area contributed by atoms with Gasteiger partial charge in [0.1, 0.15) is 11.5 Å². The molecule has 23 heavy (non-hydrogen) atoms. The first kappa shape index (κ1) is 17.4. The van der Waals surface area contributed by atoms with Crippen molar-refractivity contribution in [3.8, 4) is 11.5 Å². The largest absolute Gasteiger partial charge is 0.497 e. The molecule has 2 heteroatoms. The first-order chi connectivity index (χ1) is 11.2. The minimum Gasteiger partial charge on any atom is -0.497 e. The fourth-order valence-corrected chi connectivity index (χ4v) is 2.80. The highest BCUT2D eigenvalue weighted by atomic mass is 16.5. The summed E-state index contributed by atoms with van der Waals surface area (Å²) in [6.45, 7) is 2.36. The summed E-state index contributed by atoms with van der Waals surface area (Å²) in [5, 5.41) is 0. The molecule has 0 aliphatic carbocycles. The normalized spacial score (nSPS) is 12.0. The zero-order valence-electron chi connectivity index (χ0n) is 14.5. The first-order valence-corrected chi connectivity index (χ1v) is 8.47. The van der Waals surface area contributed by atoms with Crippen molar-refractivity contribution < 1.29 is 9.47 Å². The molecule has 0 N–H and O–H groups in total. The monoisotopic (exact) mass is 312 g/mol. The van der Waals surface area contributed by atoms with E-state index in [2.05, 4.69) is 31.2 Å². The van der Waals surface area contributed by atoms with Crippen LogP contribution in [0.5, 0.6) is 11.5 Å². The van der Waals surface area contributed by atoms with Gasteiger partial charge in [-0.25, -0.2) is 0 Å². The van der Waals surface area contributed by atoms with Crippen LogP contribution in [-0.4, -0.2) is 14.2 Å². The van der Waals surface area contributed by atoms with Gasteiger partial charge in [-0.3, -0.25) is 0 Å². The van der Waals surface area contributed by atoms with E-state index in [4.69, 9.17) is 9.47 Å². The van der Waals surface area contributed by atoms with Gasteiger partial charge in [0.05, 0.1) is 14.2 Å². The van der Waals surface area contributed by atoms with Crippen LogP contribution < -0.4 is 9.47 Å². The summed E-state index contributed by atoms with van der Waals surface area (Å²) in [6, 6.07) is 16.9. The highest BCUT2D eigenvalue weighted by molar-refractivity contribution is 5.28. The maximum atomic E-state index is 5.20. The van der Waals surface area contributed by atoms with Gasteiger partial charge in [-0.05, 0) is 67.0 Å². The molecule has 0 aromatic heterocycles. The lowest BCUT2D eigenvalue weighted by molar-refractivity contribution is 0.414. The summed E-state index contributed by atoms with van der Waals surface area (Å²) < 4.78 is 10.4. The van der Waals surface area contributed by atoms with Crippen LogP contribution in [0.2, 0.25) is 0 Å². The Hall–Kier alpha value is -1.96. The van der Waals surface area contributed by atoms with Crippen molar-refractivity contribution in [1.29, 1.82) is 0 Å². The Kier molecular flexibility index (Phi) is 6.99. The van der Waals surface area contributed by atoms with Gasteiger partial charge in [-0.1, -0.05) is 37.6 Å². The summed E-state index contributed by atoms with van der Waals surface area (Å²) in [5.74, 6) is 2.62. The molecule has 0 aliphatic rings. The summed E-state index contributed by atoms with van der Waals surface area (Å²) in [4.78, 5) is 0. The third-order valence-electron chi connectivity index (χ3n) is 4.41. The molecule has 0 fully saturated rings. The van der Waals surface area contributed by atoms with Gasteiger partial charge in [-0.15, -0.1) is 0 Å². The van der Waals surface area contributed by atoms with Gasteiger partial charge < -0.3 is 9.47 Å². The predicted molar refractivity (Wildman–Crippen MR) is 96.4 cm³/mol. The van der Waals surface area contributed by atoms with E-state index in [9.17, 15) is 0 Å². The fourth-order valence-electron chi connectivity index (χ4n) is 2.80. The molecule has 0 heterocycles. The van der Waals surface area contributed by atoms with Crippen LogP contribution in [0.4, 0.5) is 0 Å². The maximum absolute atomic E-state index is 5.20. The molecular weight excluding hydrogens is 284 g/mol. The van der Waals surface area contributed by atoms with E-state index in [1.165, 1.54) is 30.4 Å². The Balaban J connectivity index is 1.66. The average Bonchev–Trinajstić information content (AvgIpc) is 2.61. The predicted octanol–water partition coefficient (Wildman–Crippen LogP) is 5.30. The number of ether oxygens (including phenoxy) is 2. The van der Waals surface area contributed by atoms with Gasteiger partial charge in [0.2, 0.25) is 0 Å². The number of rotatable bonds is 9. The van der Waals surface area contributed by atoms with E-state index in [-0.39, 0.29) is 0 Å². The molecule has 0 bridgehead atoms. The number of hydrogen-bond acceptors (Lipinski definition) is 2. The summed E-state index contributed by atoms with van der Waals surface area (Å²) in [6.07, 6.45) is 6.07. The second-order valence-corrected chi connectivity index (χ2v) is 6.23. The third kappa shape index (κ3) is 5.97. The van der Waals surface area contributed by atoms with Crippen LogP contribution in [0.1, 0.15) is 37.3 Å². The number of methoxy groups -OCH3 is 2. The molecule has 0 amide bonds. The summed E-state index contributed by atoms with van der Waals surface area (Å²) in [5.41, 5.74) is 2.79. The minimum absolute atomic E-state index is 0.760. The van der Waals surface area contributed by atoms with Crippen LogP contribution in [0.25, 0.3) is 0 Å². The Morgan fingerprint density at radius 1 is 0.696 bits per heavy atom. The zero-order chi connectivity index (χ0) is 16.5. The Morgan fingerprint density at radius 3 is 1.65 bits per heavy atom. The molecule has 0 aliphatic heterocycles. The summed E-state index contributed by atoms with van der Waals surface area (Å²) >= 11 is 0. The lowest BCUT2D eigenvalue weighted by Crippen LogP contribution is -1.99. The SMILES string of the molecule is COc1ccc(CCCC(C)CCc2ccc(OC)cc2)cc1. The van der Waals surface area contributed by atoms with E-state index < -0.39 is 0 Å². The molecule has 124 valence electrons. The van der Waals surface area contributed by atoms with Gasteiger partial charge in [0.15, 0.2) is 0 Å². The Labute approximate surface area is 140 Å². The molecule has 2 rings (SSSR count). The highest BCUT2D eigenvalue weighted by Gasteiger charge is 2.04. The standard InChI is InChI=1S/C21H28O2/c1-17(7-8-19-11-15-21(23-3)16-12-19)5-4-6-18-9-13-20(22-2)14-10-18/h9-17H,4-8H2,1-3H3. The molecular formula is C21H28O2. The van der Waals surface area contributed by atoms with Crippen molar-refractivity contribution >= 4 is 0 Å². The van der Waals surface area contributed by atoms with E-state index in [0.717, 1.165) is 30.3 Å². The highest BCUT2D eigenvalue weighted by Crippen LogP contribution is 2.19. The second kappa shape index (κ2) is 9.24. The van der Waals surface area contributed by atoms with E-state index in [1.807, 2.05) is 24.3 Å². The van der Waals surface area contributed by atoms with Crippen LogP contribution in [-0.2, 0) is 12.8 Å². The van der Waals surface area contributed by atoms with Crippen molar-refractivity contribution in [2.75, 3.05) is 14.2 Å². The van der Waals surface area contributed by atoms with Crippen LogP contribution in [0, 0.1) is 5.92 Å².